The molecular formula is C16H12N2O4S. The molecule has 1 aliphatic rings. The Morgan fingerprint density at radius 2 is 1.74 bits per heavy atom. The van der Waals surface area contributed by atoms with Crippen molar-refractivity contribution in [1.82, 2.24) is 4.31 Å². The highest BCUT2D eigenvalue weighted by Crippen LogP contribution is 2.28. The number of nitro groups is 1. The zero-order chi connectivity index (χ0) is 16.4. The molecule has 1 unspecified atom stereocenters. The van der Waals surface area contributed by atoms with E-state index >= 15 is 0 Å². The number of non-ortho nitro benzene ring substituents is 1. The van der Waals surface area contributed by atoms with Crippen LogP contribution in [0.25, 0.3) is 0 Å². The molecule has 6 nitrogen and oxygen atoms in total. The second kappa shape index (κ2) is 5.83. The third-order valence-electron chi connectivity index (χ3n) is 3.38. The van der Waals surface area contributed by atoms with Gasteiger partial charge in [0.05, 0.1) is 9.82 Å². The monoisotopic (exact) mass is 328 g/mol. The summed E-state index contributed by atoms with van der Waals surface area (Å²) in [6.45, 7) is 0.332. The van der Waals surface area contributed by atoms with E-state index in [4.69, 9.17) is 0 Å². The van der Waals surface area contributed by atoms with Crippen LogP contribution in [0.1, 0.15) is 5.56 Å². The largest absolute Gasteiger partial charge is 0.269 e. The fourth-order valence-corrected chi connectivity index (χ4v) is 3.55. The molecule has 1 saturated heterocycles. The SMILES string of the molecule is O=[N+]([O-])c1ccc(S(=O)(=O)N2C[C@H]2C#Cc2ccccc2)cc1. The zero-order valence-electron chi connectivity index (χ0n) is 11.9. The summed E-state index contributed by atoms with van der Waals surface area (Å²) in [5.74, 6) is 5.86. The van der Waals surface area contributed by atoms with Crippen molar-refractivity contribution in [2.24, 2.45) is 0 Å². The first kappa shape index (κ1) is 15.2. The van der Waals surface area contributed by atoms with Gasteiger partial charge in [0.25, 0.3) is 5.69 Å². The topological polar surface area (TPSA) is 80.3 Å². The summed E-state index contributed by atoms with van der Waals surface area (Å²) in [6, 6.07) is 13.8. The van der Waals surface area contributed by atoms with Crippen LogP contribution in [-0.2, 0) is 10.0 Å². The molecule has 0 saturated carbocycles. The van der Waals surface area contributed by atoms with Crippen molar-refractivity contribution in [2.75, 3.05) is 6.54 Å². The van der Waals surface area contributed by atoms with E-state index in [1.165, 1.54) is 28.6 Å². The smallest absolute Gasteiger partial charge is 0.258 e. The molecule has 0 spiro atoms. The van der Waals surface area contributed by atoms with E-state index < -0.39 is 14.9 Å². The van der Waals surface area contributed by atoms with E-state index in [1.807, 2.05) is 30.3 Å². The minimum atomic E-state index is -3.65. The van der Waals surface area contributed by atoms with Crippen LogP contribution in [-0.4, -0.2) is 30.2 Å². The molecule has 0 aromatic heterocycles. The molecule has 1 heterocycles. The first-order valence-electron chi connectivity index (χ1n) is 6.81. The molecule has 0 amide bonds. The van der Waals surface area contributed by atoms with Crippen LogP contribution in [0.3, 0.4) is 0 Å². The van der Waals surface area contributed by atoms with Gasteiger partial charge in [0.15, 0.2) is 0 Å². The van der Waals surface area contributed by atoms with Crippen LogP contribution in [0.2, 0.25) is 0 Å². The summed E-state index contributed by atoms with van der Waals surface area (Å²) in [6.07, 6.45) is 0. The predicted octanol–water partition coefficient (Wildman–Crippen LogP) is 2.02. The van der Waals surface area contributed by atoms with Gasteiger partial charge in [-0.15, -0.1) is 0 Å². The van der Waals surface area contributed by atoms with Gasteiger partial charge in [-0.25, -0.2) is 8.42 Å². The fraction of sp³-hybridized carbons (Fsp3) is 0.125. The Labute approximate surface area is 133 Å². The van der Waals surface area contributed by atoms with Gasteiger partial charge in [0.1, 0.15) is 6.04 Å². The molecule has 0 radical (unpaired) electrons. The average molecular weight is 328 g/mol. The summed E-state index contributed by atoms with van der Waals surface area (Å²) >= 11 is 0. The van der Waals surface area contributed by atoms with Gasteiger partial charge in [-0.05, 0) is 24.3 Å². The second-order valence-electron chi connectivity index (χ2n) is 4.98. The summed E-state index contributed by atoms with van der Waals surface area (Å²) in [7, 11) is -3.65. The number of rotatable bonds is 3. The molecule has 0 aliphatic carbocycles. The van der Waals surface area contributed by atoms with Crippen LogP contribution in [0, 0.1) is 22.0 Å². The lowest BCUT2D eigenvalue weighted by Gasteiger charge is -2.04. The Kier molecular flexibility index (Phi) is 3.86. The molecule has 2 aromatic rings. The highest BCUT2D eigenvalue weighted by molar-refractivity contribution is 7.89. The summed E-state index contributed by atoms with van der Waals surface area (Å²) in [5.41, 5.74) is 0.683. The Morgan fingerprint density at radius 3 is 2.35 bits per heavy atom. The maximum atomic E-state index is 12.4. The number of nitro benzene ring substituents is 1. The van der Waals surface area contributed by atoms with Gasteiger partial charge in [0, 0.05) is 24.2 Å². The predicted molar refractivity (Wildman–Crippen MR) is 84.1 cm³/mol. The first-order valence-corrected chi connectivity index (χ1v) is 8.25. The molecule has 1 fully saturated rings. The van der Waals surface area contributed by atoms with Crippen molar-refractivity contribution in [3.05, 3.63) is 70.3 Å². The minimum Gasteiger partial charge on any atom is -0.258 e. The maximum absolute atomic E-state index is 12.4. The third-order valence-corrected chi connectivity index (χ3v) is 5.27. The van der Waals surface area contributed by atoms with Crippen LogP contribution in [0.4, 0.5) is 5.69 Å². The van der Waals surface area contributed by atoms with Crippen molar-refractivity contribution < 1.29 is 13.3 Å². The Morgan fingerprint density at radius 1 is 1.09 bits per heavy atom. The van der Waals surface area contributed by atoms with Crippen molar-refractivity contribution in [3.63, 3.8) is 0 Å². The number of hydrogen-bond donors (Lipinski definition) is 0. The molecule has 1 aliphatic heterocycles. The van der Waals surface area contributed by atoms with Gasteiger partial charge in [-0.3, -0.25) is 10.1 Å². The standard InChI is InChI=1S/C16H12N2O4S/c19-18(20)14-8-10-16(11-9-14)23(21,22)17-12-15(17)7-6-13-4-2-1-3-5-13/h1-5,8-11,15H,12H2/t15-,17?/m1/s1. The lowest BCUT2D eigenvalue weighted by Crippen LogP contribution is -2.14. The Hall–Kier alpha value is -2.69. The van der Waals surface area contributed by atoms with E-state index in [9.17, 15) is 18.5 Å². The summed E-state index contributed by atoms with van der Waals surface area (Å²) < 4.78 is 26.0. The van der Waals surface area contributed by atoms with Gasteiger partial charge in [0.2, 0.25) is 10.0 Å². The van der Waals surface area contributed by atoms with Gasteiger partial charge in [-0.2, -0.15) is 4.31 Å². The lowest BCUT2D eigenvalue weighted by atomic mass is 10.2. The zero-order valence-corrected chi connectivity index (χ0v) is 12.7. The van der Waals surface area contributed by atoms with Crippen LogP contribution >= 0.6 is 0 Å². The van der Waals surface area contributed by atoms with Gasteiger partial charge >= 0.3 is 0 Å². The Bertz CT molecular complexity index is 897. The highest BCUT2D eigenvalue weighted by atomic mass is 32.2. The van der Waals surface area contributed by atoms with E-state index in [2.05, 4.69) is 11.8 Å². The maximum Gasteiger partial charge on any atom is 0.269 e. The average Bonchev–Trinajstić information content (AvgIpc) is 3.34. The lowest BCUT2D eigenvalue weighted by molar-refractivity contribution is -0.384. The van der Waals surface area contributed by atoms with E-state index in [0.717, 1.165) is 5.56 Å². The van der Waals surface area contributed by atoms with E-state index in [1.54, 1.807) is 0 Å². The Balaban J connectivity index is 1.75. The van der Waals surface area contributed by atoms with Crippen molar-refractivity contribution in [1.29, 1.82) is 0 Å². The molecule has 2 aromatic carbocycles. The molecule has 116 valence electrons. The molecule has 23 heavy (non-hydrogen) atoms. The van der Waals surface area contributed by atoms with Crippen molar-refractivity contribution in [2.45, 2.75) is 10.9 Å². The molecule has 2 atom stereocenters. The molecule has 3 rings (SSSR count). The number of hydrogen-bond acceptors (Lipinski definition) is 4. The highest BCUT2D eigenvalue weighted by Gasteiger charge is 2.43. The third kappa shape index (κ3) is 3.23. The van der Waals surface area contributed by atoms with Crippen molar-refractivity contribution in [3.8, 4) is 11.8 Å². The quantitative estimate of drug-likeness (QED) is 0.374. The van der Waals surface area contributed by atoms with Gasteiger partial charge in [-0.1, -0.05) is 30.0 Å². The van der Waals surface area contributed by atoms with Gasteiger partial charge < -0.3 is 0 Å². The number of nitrogens with zero attached hydrogens (tertiary/aromatic N) is 2. The summed E-state index contributed by atoms with van der Waals surface area (Å²) in [5, 5.41) is 10.6. The molecule has 7 heteroatoms. The summed E-state index contributed by atoms with van der Waals surface area (Å²) in [4.78, 5) is 10.1. The molecule has 0 N–H and O–H groups in total. The normalized spacial score (nSPS) is 19.5. The van der Waals surface area contributed by atoms with Crippen LogP contribution < -0.4 is 0 Å². The molecular weight excluding hydrogens is 316 g/mol. The van der Waals surface area contributed by atoms with E-state index in [-0.39, 0.29) is 16.6 Å². The van der Waals surface area contributed by atoms with Crippen molar-refractivity contribution >= 4 is 15.7 Å². The first-order chi connectivity index (χ1) is 11.0. The molecule has 0 bridgehead atoms. The van der Waals surface area contributed by atoms with Crippen LogP contribution in [0.5, 0.6) is 0 Å². The van der Waals surface area contributed by atoms with Crippen LogP contribution in [0.15, 0.2) is 59.5 Å². The fourth-order valence-electron chi connectivity index (χ4n) is 2.07. The van der Waals surface area contributed by atoms with E-state index in [0.29, 0.717) is 6.54 Å². The number of benzene rings is 2. The minimum absolute atomic E-state index is 0.0344. The second-order valence-corrected chi connectivity index (χ2v) is 6.87. The number of sulfonamides is 1.